The minimum atomic E-state index is -0.680. The third-order valence-electron chi connectivity index (χ3n) is 6.22. The number of amides is 1. The summed E-state index contributed by atoms with van der Waals surface area (Å²) in [5.74, 6) is 0.691. The zero-order valence-electron chi connectivity index (χ0n) is 18.6. The van der Waals surface area contributed by atoms with Crippen molar-refractivity contribution in [1.29, 1.82) is 5.26 Å². The molecule has 1 saturated heterocycles. The summed E-state index contributed by atoms with van der Waals surface area (Å²) in [7, 11) is 0. The van der Waals surface area contributed by atoms with Crippen LogP contribution in [0.15, 0.2) is 60.9 Å². The van der Waals surface area contributed by atoms with Crippen molar-refractivity contribution in [3.63, 3.8) is 0 Å². The number of nitrogens with zero attached hydrogens (tertiary/aromatic N) is 3. The zero-order chi connectivity index (χ0) is 22.6. The van der Waals surface area contributed by atoms with Crippen molar-refractivity contribution < 1.29 is 4.79 Å². The molecule has 6 nitrogen and oxygen atoms in total. The van der Waals surface area contributed by atoms with E-state index in [1.165, 1.54) is 11.3 Å². The first-order valence-electron chi connectivity index (χ1n) is 11.1. The van der Waals surface area contributed by atoms with Gasteiger partial charge in [-0.05, 0) is 62.1 Å². The first kappa shape index (κ1) is 21.6. The Morgan fingerprint density at radius 1 is 1.31 bits per heavy atom. The van der Waals surface area contributed by atoms with Gasteiger partial charge in [0.1, 0.15) is 5.82 Å². The first-order chi connectivity index (χ1) is 15.5. The number of aromatic nitrogens is 2. The highest BCUT2D eigenvalue weighted by atomic mass is 16.2. The summed E-state index contributed by atoms with van der Waals surface area (Å²) in [6, 6.07) is 18.1. The Balaban J connectivity index is 1.51. The highest BCUT2D eigenvalue weighted by Gasteiger charge is 2.35. The molecule has 2 atom stereocenters. The number of aromatic amines is 1. The van der Waals surface area contributed by atoms with Gasteiger partial charge in [0.15, 0.2) is 0 Å². The number of aryl methyl sites for hydroxylation is 1. The quantitative estimate of drug-likeness (QED) is 0.621. The summed E-state index contributed by atoms with van der Waals surface area (Å²) in [4.78, 5) is 23.4. The molecule has 0 aliphatic carbocycles. The maximum absolute atomic E-state index is 13.4. The van der Waals surface area contributed by atoms with Crippen LogP contribution in [0, 0.1) is 24.2 Å². The lowest BCUT2D eigenvalue weighted by atomic mass is 9.89. The van der Waals surface area contributed by atoms with E-state index in [-0.39, 0.29) is 11.8 Å². The Bertz CT molecular complexity index is 1100. The van der Waals surface area contributed by atoms with Gasteiger partial charge >= 0.3 is 0 Å². The van der Waals surface area contributed by atoms with Crippen molar-refractivity contribution in [2.24, 2.45) is 5.92 Å². The number of carbonyl (C=O) groups excluding carboxylic acids is 1. The molecule has 3 aromatic rings. The molecule has 0 radical (unpaired) electrons. The Labute approximate surface area is 189 Å². The number of H-pyrrole nitrogens is 1. The monoisotopic (exact) mass is 427 g/mol. The van der Waals surface area contributed by atoms with Gasteiger partial charge in [0, 0.05) is 37.6 Å². The number of benzene rings is 2. The molecule has 1 aliphatic heterocycles. The molecule has 1 fully saturated rings. The van der Waals surface area contributed by atoms with Gasteiger partial charge in [0.2, 0.25) is 5.91 Å². The van der Waals surface area contributed by atoms with Crippen LogP contribution in [0.2, 0.25) is 0 Å². The summed E-state index contributed by atoms with van der Waals surface area (Å²) < 4.78 is 0. The Kier molecular flexibility index (Phi) is 6.27. The number of nitrogens with one attached hydrogen (secondary N) is 2. The van der Waals surface area contributed by atoms with Crippen LogP contribution < -0.4 is 10.2 Å². The van der Waals surface area contributed by atoms with Gasteiger partial charge in [-0.15, -0.1) is 0 Å². The second-order valence-electron chi connectivity index (χ2n) is 8.87. The Morgan fingerprint density at radius 2 is 2.12 bits per heavy atom. The van der Waals surface area contributed by atoms with Crippen LogP contribution >= 0.6 is 0 Å². The lowest BCUT2D eigenvalue weighted by Gasteiger charge is -2.36. The molecule has 1 unspecified atom stereocenters. The summed E-state index contributed by atoms with van der Waals surface area (Å²) in [5.41, 5.74) is 3.38. The average Bonchev–Trinajstić information content (AvgIpc) is 3.36. The molecule has 32 heavy (non-hydrogen) atoms. The Morgan fingerprint density at radius 3 is 2.81 bits per heavy atom. The predicted octanol–water partition coefficient (Wildman–Crippen LogP) is 4.08. The van der Waals surface area contributed by atoms with Gasteiger partial charge in [0.05, 0.1) is 23.1 Å². The van der Waals surface area contributed by atoms with E-state index in [2.05, 4.69) is 57.4 Å². The van der Waals surface area contributed by atoms with Gasteiger partial charge in [-0.3, -0.25) is 4.79 Å². The number of imidazole rings is 1. The van der Waals surface area contributed by atoms with E-state index >= 15 is 0 Å². The predicted molar refractivity (Wildman–Crippen MR) is 125 cm³/mol. The maximum Gasteiger partial charge on any atom is 0.225 e. The van der Waals surface area contributed by atoms with Crippen LogP contribution in [0.3, 0.4) is 0 Å². The number of hydrogen-bond donors (Lipinski definition) is 2. The normalized spacial score (nSPS) is 17.9. The van der Waals surface area contributed by atoms with E-state index in [0.717, 1.165) is 30.8 Å². The highest BCUT2D eigenvalue weighted by molar-refractivity contribution is 5.80. The van der Waals surface area contributed by atoms with E-state index in [0.29, 0.717) is 18.5 Å². The fourth-order valence-corrected chi connectivity index (χ4v) is 4.48. The molecule has 0 bridgehead atoms. The number of rotatable bonds is 6. The smallest absolute Gasteiger partial charge is 0.225 e. The number of carbonyl (C=O) groups is 1. The summed E-state index contributed by atoms with van der Waals surface area (Å²) in [6.45, 7) is 5.77. The number of anilines is 1. The van der Waals surface area contributed by atoms with Crippen LogP contribution in [-0.2, 0) is 16.8 Å². The van der Waals surface area contributed by atoms with Crippen LogP contribution in [0.1, 0.15) is 42.3 Å². The fraction of sp³-hybridized carbons (Fsp3) is 0.346. The largest absolute Gasteiger partial charge is 0.371 e. The second-order valence-corrected chi connectivity index (χ2v) is 8.87. The van der Waals surface area contributed by atoms with Gasteiger partial charge in [-0.25, -0.2) is 4.98 Å². The number of nitriles is 1. The minimum Gasteiger partial charge on any atom is -0.371 e. The molecule has 2 heterocycles. The van der Waals surface area contributed by atoms with Gasteiger partial charge in [-0.2, -0.15) is 5.26 Å². The van der Waals surface area contributed by atoms with Gasteiger partial charge in [-0.1, -0.05) is 24.3 Å². The van der Waals surface area contributed by atoms with Crippen LogP contribution in [-0.4, -0.2) is 29.0 Å². The molecular weight excluding hydrogens is 398 g/mol. The molecule has 0 spiro atoms. The molecule has 4 rings (SSSR count). The number of hydrogen-bond acceptors (Lipinski definition) is 4. The summed E-state index contributed by atoms with van der Waals surface area (Å²) >= 11 is 0. The minimum absolute atomic E-state index is 0.0508. The fourth-order valence-electron chi connectivity index (χ4n) is 4.48. The van der Waals surface area contributed by atoms with Crippen molar-refractivity contribution in [3.8, 4) is 6.07 Å². The molecule has 2 N–H and O–H groups in total. The molecular formula is C26H29N5O. The molecule has 6 heteroatoms. The lowest BCUT2D eigenvalue weighted by Crippen LogP contribution is -2.51. The van der Waals surface area contributed by atoms with E-state index in [1.807, 2.05) is 19.1 Å². The molecule has 0 saturated carbocycles. The topological polar surface area (TPSA) is 84.8 Å². The molecule has 2 aromatic carbocycles. The summed E-state index contributed by atoms with van der Waals surface area (Å²) in [5, 5.41) is 12.4. The van der Waals surface area contributed by atoms with Crippen LogP contribution in [0.5, 0.6) is 0 Å². The van der Waals surface area contributed by atoms with Crippen molar-refractivity contribution in [2.75, 3.05) is 18.0 Å². The van der Waals surface area contributed by atoms with E-state index in [9.17, 15) is 4.79 Å². The SMILES string of the molecule is Cc1cccc(N2CCC[C@H](C(=O)NC(C)(Cc3ccc(C#N)cc3)c3ncc[nH]3)C2)c1. The van der Waals surface area contributed by atoms with E-state index < -0.39 is 5.54 Å². The van der Waals surface area contributed by atoms with Gasteiger partial charge in [0.25, 0.3) is 0 Å². The number of piperidine rings is 1. The van der Waals surface area contributed by atoms with Crippen LogP contribution in [0.4, 0.5) is 5.69 Å². The maximum atomic E-state index is 13.4. The molecule has 1 aliphatic rings. The average molecular weight is 428 g/mol. The van der Waals surface area contributed by atoms with Crippen LogP contribution in [0.25, 0.3) is 0 Å². The van der Waals surface area contributed by atoms with Gasteiger partial charge < -0.3 is 15.2 Å². The zero-order valence-corrected chi connectivity index (χ0v) is 18.6. The van der Waals surface area contributed by atoms with E-state index in [4.69, 9.17) is 5.26 Å². The van der Waals surface area contributed by atoms with Crippen molar-refractivity contribution >= 4 is 11.6 Å². The van der Waals surface area contributed by atoms with Crippen molar-refractivity contribution in [3.05, 3.63) is 83.4 Å². The molecule has 1 amide bonds. The molecule has 1 aromatic heterocycles. The first-order valence-corrected chi connectivity index (χ1v) is 11.1. The summed E-state index contributed by atoms with van der Waals surface area (Å²) in [6.07, 6.45) is 5.92. The van der Waals surface area contributed by atoms with Crippen molar-refractivity contribution in [2.45, 2.75) is 38.6 Å². The molecule has 164 valence electrons. The standard InChI is InChI=1S/C26H29N5O/c1-19-5-3-7-23(15-19)31-14-4-6-22(18-31)24(32)30-26(2,25-28-12-13-29-25)16-20-8-10-21(17-27)11-9-20/h3,5,7-13,15,22H,4,6,14,16,18H2,1-2H3,(H,28,29)(H,30,32)/t22-,26?/m0/s1. The highest BCUT2D eigenvalue weighted by Crippen LogP contribution is 2.27. The Hall–Kier alpha value is -3.59. The third-order valence-corrected chi connectivity index (χ3v) is 6.22. The lowest BCUT2D eigenvalue weighted by molar-refractivity contribution is -0.127. The van der Waals surface area contributed by atoms with Crippen molar-refractivity contribution in [1.82, 2.24) is 15.3 Å². The van der Waals surface area contributed by atoms with E-state index in [1.54, 1.807) is 24.5 Å². The third kappa shape index (κ3) is 4.83. The second kappa shape index (κ2) is 9.27.